The van der Waals surface area contributed by atoms with Crippen LogP contribution in [0.3, 0.4) is 0 Å². The van der Waals surface area contributed by atoms with Crippen molar-refractivity contribution in [1.29, 1.82) is 0 Å². The topological polar surface area (TPSA) is 73.2 Å². The van der Waals surface area contributed by atoms with Gasteiger partial charge in [0.1, 0.15) is 0 Å². The van der Waals surface area contributed by atoms with Crippen molar-refractivity contribution in [3.05, 3.63) is 83.1 Å². The second-order valence-electron chi connectivity index (χ2n) is 5.87. The van der Waals surface area contributed by atoms with Crippen molar-refractivity contribution in [3.8, 4) is 5.69 Å². The quantitative estimate of drug-likeness (QED) is 0.637. The Hall–Kier alpha value is -3.12. The Kier molecular flexibility index (Phi) is 6.22. The van der Waals surface area contributed by atoms with Crippen LogP contribution in [-0.2, 0) is 27.3 Å². The average Bonchev–Trinajstić information content (AvgIpc) is 3.15. The van der Waals surface area contributed by atoms with Crippen LogP contribution in [0.4, 0.5) is 0 Å². The Bertz CT molecular complexity index is 908. The number of hydrogen-bond acceptors (Lipinski definition) is 4. The number of carbonyl (C=O) groups is 2. The van der Waals surface area contributed by atoms with E-state index in [1.807, 2.05) is 42.5 Å². The molecule has 7 heteroatoms. The van der Waals surface area contributed by atoms with Crippen LogP contribution in [0.15, 0.2) is 67.0 Å². The molecular weight excluding hydrogens is 366 g/mol. The molecule has 1 amide bonds. The van der Waals surface area contributed by atoms with Crippen molar-refractivity contribution in [2.45, 2.75) is 13.0 Å². The first-order chi connectivity index (χ1) is 13.1. The van der Waals surface area contributed by atoms with Gasteiger partial charge in [-0.25, -0.2) is 4.68 Å². The van der Waals surface area contributed by atoms with Gasteiger partial charge in [-0.2, -0.15) is 5.10 Å². The molecule has 1 aromatic heterocycles. The van der Waals surface area contributed by atoms with E-state index in [1.165, 1.54) is 0 Å². The summed E-state index contributed by atoms with van der Waals surface area (Å²) >= 11 is 5.81. The van der Waals surface area contributed by atoms with Crippen molar-refractivity contribution in [2.75, 3.05) is 6.61 Å². The van der Waals surface area contributed by atoms with Crippen molar-refractivity contribution >= 4 is 23.5 Å². The normalized spacial score (nSPS) is 10.4. The second kappa shape index (κ2) is 9.00. The Labute approximate surface area is 161 Å². The molecule has 3 aromatic rings. The highest BCUT2D eigenvalue weighted by Gasteiger charge is 2.10. The summed E-state index contributed by atoms with van der Waals surface area (Å²) < 4.78 is 6.70. The number of halogens is 1. The Morgan fingerprint density at radius 3 is 2.52 bits per heavy atom. The van der Waals surface area contributed by atoms with Crippen LogP contribution in [0, 0.1) is 0 Å². The Morgan fingerprint density at radius 2 is 1.78 bits per heavy atom. The maximum atomic E-state index is 11.9. The number of hydrogen-bond donors (Lipinski definition) is 1. The number of nitrogens with zero attached hydrogens (tertiary/aromatic N) is 2. The molecule has 0 aliphatic carbocycles. The third-order valence-electron chi connectivity index (χ3n) is 3.77. The van der Waals surface area contributed by atoms with Crippen LogP contribution in [-0.4, -0.2) is 28.3 Å². The van der Waals surface area contributed by atoms with Gasteiger partial charge in [-0.15, -0.1) is 0 Å². The monoisotopic (exact) mass is 383 g/mol. The van der Waals surface area contributed by atoms with Gasteiger partial charge in [-0.05, 0) is 29.8 Å². The van der Waals surface area contributed by atoms with Crippen LogP contribution in [0.25, 0.3) is 5.69 Å². The number of aromatic nitrogens is 2. The zero-order valence-electron chi connectivity index (χ0n) is 14.5. The predicted molar refractivity (Wildman–Crippen MR) is 102 cm³/mol. The zero-order chi connectivity index (χ0) is 19.1. The zero-order valence-corrected chi connectivity index (χ0v) is 15.2. The first-order valence-electron chi connectivity index (χ1n) is 8.36. The first-order valence-corrected chi connectivity index (χ1v) is 8.74. The van der Waals surface area contributed by atoms with Gasteiger partial charge in [0.15, 0.2) is 6.61 Å². The summed E-state index contributed by atoms with van der Waals surface area (Å²) in [5, 5.41) is 7.55. The molecule has 1 N–H and O–H groups in total. The lowest BCUT2D eigenvalue weighted by atomic mass is 10.2. The molecule has 0 atom stereocenters. The van der Waals surface area contributed by atoms with Gasteiger partial charge in [0.25, 0.3) is 5.91 Å². The molecular formula is C20H18ClN3O3. The van der Waals surface area contributed by atoms with Crippen molar-refractivity contribution < 1.29 is 14.3 Å². The summed E-state index contributed by atoms with van der Waals surface area (Å²) in [5.41, 5.74) is 2.52. The molecule has 3 rings (SSSR count). The largest absolute Gasteiger partial charge is 0.455 e. The van der Waals surface area contributed by atoms with Gasteiger partial charge < -0.3 is 10.1 Å². The fourth-order valence-electron chi connectivity index (χ4n) is 2.39. The summed E-state index contributed by atoms with van der Waals surface area (Å²) in [6, 6.07) is 16.7. The molecule has 27 heavy (non-hydrogen) atoms. The molecule has 0 fully saturated rings. The first kappa shape index (κ1) is 18.7. The molecule has 0 saturated carbocycles. The minimum atomic E-state index is -0.482. The summed E-state index contributed by atoms with van der Waals surface area (Å²) in [4.78, 5) is 23.7. The maximum Gasteiger partial charge on any atom is 0.310 e. The van der Waals surface area contributed by atoms with Crippen molar-refractivity contribution in [2.24, 2.45) is 0 Å². The molecule has 138 valence electrons. The fourth-order valence-corrected chi connectivity index (χ4v) is 2.52. The lowest BCUT2D eigenvalue weighted by molar-refractivity contribution is -0.147. The minimum Gasteiger partial charge on any atom is -0.455 e. The van der Waals surface area contributed by atoms with E-state index in [9.17, 15) is 9.59 Å². The van der Waals surface area contributed by atoms with Crippen LogP contribution in [0.5, 0.6) is 0 Å². The lowest BCUT2D eigenvalue weighted by Crippen LogP contribution is -2.28. The smallest absolute Gasteiger partial charge is 0.310 e. The molecule has 6 nitrogen and oxygen atoms in total. The molecule has 0 aliphatic heterocycles. The van der Waals surface area contributed by atoms with E-state index in [1.54, 1.807) is 29.2 Å². The van der Waals surface area contributed by atoms with Gasteiger partial charge in [0.05, 0.1) is 18.3 Å². The van der Waals surface area contributed by atoms with Gasteiger partial charge in [0.2, 0.25) is 0 Å². The molecule has 0 aliphatic rings. The average molecular weight is 384 g/mol. The third kappa shape index (κ3) is 5.69. The number of rotatable bonds is 7. The Balaban J connectivity index is 1.42. The van der Waals surface area contributed by atoms with E-state index in [0.29, 0.717) is 17.1 Å². The summed E-state index contributed by atoms with van der Waals surface area (Å²) in [5.74, 6) is -0.845. The third-order valence-corrected chi connectivity index (χ3v) is 4.02. The molecule has 0 spiro atoms. The number of para-hydroxylation sites is 1. The van der Waals surface area contributed by atoms with E-state index in [2.05, 4.69) is 10.4 Å². The van der Waals surface area contributed by atoms with E-state index in [0.717, 1.165) is 11.3 Å². The Morgan fingerprint density at radius 1 is 1.04 bits per heavy atom. The van der Waals surface area contributed by atoms with E-state index >= 15 is 0 Å². The number of carbonyl (C=O) groups excluding carboxylic acids is 2. The van der Waals surface area contributed by atoms with Crippen LogP contribution in [0.1, 0.15) is 11.1 Å². The van der Waals surface area contributed by atoms with Gasteiger partial charge >= 0.3 is 5.97 Å². The van der Waals surface area contributed by atoms with Gasteiger partial charge in [-0.3, -0.25) is 9.59 Å². The molecule has 0 radical (unpaired) electrons. The second-order valence-corrected chi connectivity index (χ2v) is 6.31. The van der Waals surface area contributed by atoms with Crippen LogP contribution in [0.2, 0.25) is 5.02 Å². The highest BCUT2D eigenvalue weighted by atomic mass is 35.5. The fraction of sp³-hybridized carbons (Fsp3) is 0.150. The van der Waals surface area contributed by atoms with E-state index < -0.39 is 5.97 Å². The minimum absolute atomic E-state index is 0.0529. The summed E-state index contributed by atoms with van der Waals surface area (Å²) in [6.45, 7) is 0.0244. The number of esters is 1. The summed E-state index contributed by atoms with van der Waals surface area (Å²) in [7, 11) is 0. The molecule has 1 heterocycles. The van der Waals surface area contributed by atoms with Gasteiger partial charge in [-0.1, -0.05) is 41.9 Å². The van der Waals surface area contributed by atoms with Crippen molar-refractivity contribution in [3.63, 3.8) is 0 Å². The summed E-state index contributed by atoms with van der Waals surface area (Å²) in [6.07, 6.45) is 3.42. The number of amides is 1. The molecule has 0 unspecified atom stereocenters. The highest BCUT2D eigenvalue weighted by Crippen LogP contribution is 2.10. The maximum absolute atomic E-state index is 11.9. The molecule has 0 saturated heterocycles. The highest BCUT2D eigenvalue weighted by molar-refractivity contribution is 6.30. The lowest BCUT2D eigenvalue weighted by Gasteiger charge is -2.06. The number of ether oxygens (including phenoxy) is 1. The van der Waals surface area contributed by atoms with E-state index in [4.69, 9.17) is 16.3 Å². The molecule has 0 bridgehead atoms. The standard InChI is InChI=1S/C20H18ClN3O3/c21-17-8-6-15(7-9-17)11-22-19(25)14-27-20(26)10-16-12-23-24(13-16)18-4-2-1-3-5-18/h1-9,12-13H,10-11,14H2,(H,22,25). The van der Waals surface area contributed by atoms with Gasteiger partial charge in [0, 0.05) is 23.3 Å². The van der Waals surface area contributed by atoms with Crippen molar-refractivity contribution in [1.82, 2.24) is 15.1 Å². The van der Waals surface area contributed by atoms with E-state index in [-0.39, 0.29) is 18.9 Å². The number of nitrogens with one attached hydrogen (secondary N) is 1. The van der Waals surface area contributed by atoms with Crippen LogP contribution < -0.4 is 5.32 Å². The predicted octanol–water partition coefficient (Wildman–Crippen LogP) is 2.93. The SMILES string of the molecule is O=C(COC(=O)Cc1cnn(-c2ccccc2)c1)NCc1ccc(Cl)cc1. The number of benzene rings is 2. The molecule has 2 aromatic carbocycles. The van der Waals surface area contributed by atoms with Crippen LogP contribution >= 0.6 is 11.6 Å².